The predicted octanol–water partition coefficient (Wildman–Crippen LogP) is 3.61. The fourth-order valence-corrected chi connectivity index (χ4v) is 1.64. The van der Waals surface area contributed by atoms with Gasteiger partial charge >= 0.3 is 0 Å². The summed E-state index contributed by atoms with van der Waals surface area (Å²) in [4.78, 5) is 4.29. The molecule has 0 atom stereocenters. The molecule has 17 heavy (non-hydrogen) atoms. The number of benzene rings is 1. The van der Waals surface area contributed by atoms with Crippen LogP contribution in [0, 0.1) is 17.1 Å². The van der Waals surface area contributed by atoms with Crippen molar-refractivity contribution in [2.75, 3.05) is 0 Å². The molecule has 0 aliphatic rings. The SMILES string of the molecule is N#CCc1nc(-c2ccc(F)cc2)ccc1Cl. The Balaban J connectivity index is 2.43. The first-order valence-corrected chi connectivity index (χ1v) is 5.37. The lowest BCUT2D eigenvalue weighted by atomic mass is 10.1. The molecular formula is C13H8ClFN2. The van der Waals surface area contributed by atoms with E-state index in [0.29, 0.717) is 16.4 Å². The molecule has 4 heteroatoms. The molecular weight excluding hydrogens is 239 g/mol. The van der Waals surface area contributed by atoms with Crippen LogP contribution in [0.5, 0.6) is 0 Å². The zero-order valence-corrected chi connectivity index (χ0v) is 9.58. The highest BCUT2D eigenvalue weighted by Gasteiger charge is 2.05. The topological polar surface area (TPSA) is 36.7 Å². The Bertz CT molecular complexity index is 573. The van der Waals surface area contributed by atoms with Crippen molar-refractivity contribution in [3.05, 3.63) is 52.9 Å². The normalized spacial score (nSPS) is 9.94. The number of halogens is 2. The molecule has 0 radical (unpaired) electrons. The number of aromatic nitrogens is 1. The van der Waals surface area contributed by atoms with Gasteiger partial charge in [0, 0.05) is 5.56 Å². The van der Waals surface area contributed by atoms with E-state index in [1.165, 1.54) is 12.1 Å². The second-order valence-corrected chi connectivity index (χ2v) is 3.87. The molecule has 0 unspecified atom stereocenters. The molecule has 2 aromatic rings. The van der Waals surface area contributed by atoms with Gasteiger partial charge in [-0.1, -0.05) is 11.6 Å². The van der Waals surface area contributed by atoms with Gasteiger partial charge in [-0.25, -0.2) is 4.39 Å². The van der Waals surface area contributed by atoms with E-state index >= 15 is 0 Å². The molecule has 2 nitrogen and oxygen atoms in total. The van der Waals surface area contributed by atoms with Gasteiger partial charge in [-0.2, -0.15) is 5.26 Å². The summed E-state index contributed by atoms with van der Waals surface area (Å²) >= 11 is 5.91. The van der Waals surface area contributed by atoms with Crippen molar-refractivity contribution in [2.24, 2.45) is 0 Å². The Morgan fingerprint density at radius 2 is 1.88 bits per heavy atom. The lowest BCUT2D eigenvalue weighted by molar-refractivity contribution is 0.628. The molecule has 0 bridgehead atoms. The lowest BCUT2D eigenvalue weighted by Gasteiger charge is -2.04. The van der Waals surface area contributed by atoms with Gasteiger partial charge < -0.3 is 0 Å². The zero-order chi connectivity index (χ0) is 12.3. The van der Waals surface area contributed by atoms with Crippen molar-refractivity contribution >= 4 is 11.6 Å². The Labute approximate surface area is 103 Å². The highest BCUT2D eigenvalue weighted by molar-refractivity contribution is 6.31. The first kappa shape index (κ1) is 11.6. The highest BCUT2D eigenvalue weighted by atomic mass is 35.5. The smallest absolute Gasteiger partial charge is 0.123 e. The largest absolute Gasteiger partial charge is 0.250 e. The van der Waals surface area contributed by atoms with Crippen molar-refractivity contribution in [2.45, 2.75) is 6.42 Å². The van der Waals surface area contributed by atoms with Gasteiger partial charge in [-0.05, 0) is 36.4 Å². The van der Waals surface area contributed by atoms with Crippen molar-refractivity contribution in [3.63, 3.8) is 0 Å². The molecule has 0 saturated heterocycles. The summed E-state index contributed by atoms with van der Waals surface area (Å²) in [7, 11) is 0. The maximum atomic E-state index is 12.8. The number of hydrogen-bond donors (Lipinski definition) is 0. The van der Waals surface area contributed by atoms with Gasteiger partial charge in [0.15, 0.2) is 0 Å². The lowest BCUT2D eigenvalue weighted by Crippen LogP contribution is -1.92. The summed E-state index contributed by atoms with van der Waals surface area (Å²) in [5.41, 5.74) is 2.01. The van der Waals surface area contributed by atoms with E-state index in [1.54, 1.807) is 24.3 Å². The second-order valence-electron chi connectivity index (χ2n) is 3.47. The van der Waals surface area contributed by atoms with E-state index in [-0.39, 0.29) is 12.2 Å². The first-order valence-electron chi connectivity index (χ1n) is 4.99. The molecule has 0 fully saturated rings. The Morgan fingerprint density at radius 3 is 2.53 bits per heavy atom. The third kappa shape index (κ3) is 2.61. The molecule has 0 spiro atoms. The quantitative estimate of drug-likeness (QED) is 0.812. The Morgan fingerprint density at radius 1 is 1.18 bits per heavy atom. The van der Waals surface area contributed by atoms with E-state index in [1.807, 2.05) is 6.07 Å². The standard InChI is InChI=1S/C13H8ClFN2/c14-11-5-6-12(17-13(11)7-8-16)9-1-3-10(15)4-2-9/h1-6H,7H2. The summed E-state index contributed by atoms with van der Waals surface area (Å²) in [6.45, 7) is 0. The third-order valence-electron chi connectivity index (χ3n) is 2.31. The molecule has 0 aliphatic heterocycles. The van der Waals surface area contributed by atoms with Crippen molar-refractivity contribution in [1.82, 2.24) is 4.98 Å². The van der Waals surface area contributed by atoms with Gasteiger partial charge in [0.05, 0.1) is 28.9 Å². The molecule has 1 aromatic carbocycles. The van der Waals surface area contributed by atoms with Crippen molar-refractivity contribution < 1.29 is 4.39 Å². The van der Waals surface area contributed by atoms with Gasteiger partial charge in [0.1, 0.15) is 5.82 Å². The molecule has 1 aromatic heterocycles. The number of hydrogen-bond acceptors (Lipinski definition) is 2. The van der Waals surface area contributed by atoms with Crippen LogP contribution >= 0.6 is 11.6 Å². The summed E-state index contributed by atoms with van der Waals surface area (Å²) in [6.07, 6.45) is 0.161. The average molecular weight is 247 g/mol. The van der Waals surface area contributed by atoms with E-state index in [9.17, 15) is 4.39 Å². The predicted molar refractivity (Wildman–Crippen MR) is 64.0 cm³/mol. The van der Waals surface area contributed by atoms with Gasteiger partial charge in [-0.3, -0.25) is 4.98 Å². The minimum Gasteiger partial charge on any atom is -0.250 e. The third-order valence-corrected chi connectivity index (χ3v) is 2.65. The molecule has 0 amide bonds. The molecule has 84 valence electrons. The first-order chi connectivity index (χ1) is 8.20. The van der Waals surface area contributed by atoms with E-state index < -0.39 is 0 Å². The van der Waals surface area contributed by atoms with Crippen LogP contribution in [-0.2, 0) is 6.42 Å². The van der Waals surface area contributed by atoms with Gasteiger partial charge in [-0.15, -0.1) is 0 Å². The van der Waals surface area contributed by atoms with Crippen LogP contribution in [-0.4, -0.2) is 4.98 Å². The van der Waals surface area contributed by atoms with E-state index in [2.05, 4.69) is 4.98 Å². The number of pyridine rings is 1. The number of rotatable bonds is 2. The average Bonchev–Trinajstić information content (AvgIpc) is 2.33. The van der Waals surface area contributed by atoms with Crippen LogP contribution in [0.4, 0.5) is 4.39 Å². The van der Waals surface area contributed by atoms with E-state index in [4.69, 9.17) is 16.9 Å². The fourth-order valence-electron chi connectivity index (χ4n) is 1.46. The number of nitriles is 1. The maximum absolute atomic E-state index is 12.8. The summed E-state index contributed by atoms with van der Waals surface area (Å²) < 4.78 is 12.8. The highest BCUT2D eigenvalue weighted by Crippen LogP contribution is 2.22. The molecule has 0 aliphatic carbocycles. The number of nitrogens with zero attached hydrogens (tertiary/aromatic N) is 2. The van der Waals surface area contributed by atoms with Crippen LogP contribution < -0.4 is 0 Å². The summed E-state index contributed by atoms with van der Waals surface area (Å²) in [5.74, 6) is -0.292. The molecule has 0 N–H and O–H groups in total. The van der Waals surface area contributed by atoms with Crippen molar-refractivity contribution in [3.8, 4) is 17.3 Å². The van der Waals surface area contributed by atoms with Crippen molar-refractivity contribution in [1.29, 1.82) is 5.26 Å². The molecule has 1 heterocycles. The Hall–Kier alpha value is -1.92. The maximum Gasteiger partial charge on any atom is 0.123 e. The van der Waals surface area contributed by atoms with Crippen LogP contribution in [0.25, 0.3) is 11.3 Å². The molecule has 2 rings (SSSR count). The van der Waals surface area contributed by atoms with Gasteiger partial charge in [0.2, 0.25) is 0 Å². The summed E-state index contributed by atoms with van der Waals surface area (Å²) in [5, 5.41) is 9.11. The monoisotopic (exact) mass is 246 g/mol. The fraction of sp³-hybridized carbons (Fsp3) is 0.0769. The minimum atomic E-state index is -0.292. The minimum absolute atomic E-state index is 0.161. The van der Waals surface area contributed by atoms with Gasteiger partial charge in [0.25, 0.3) is 0 Å². The second kappa shape index (κ2) is 4.94. The Kier molecular flexibility index (Phi) is 3.36. The summed E-state index contributed by atoms with van der Waals surface area (Å²) in [6, 6.07) is 11.5. The van der Waals surface area contributed by atoms with Crippen LogP contribution in [0.1, 0.15) is 5.69 Å². The van der Waals surface area contributed by atoms with Crippen LogP contribution in [0.2, 0.25) is 5.02 Å². The van der Waals surface area contributed by atoms with Crippen LogP contribution in [0.3, 0.4) is 0 Å². The zero-order valence-electron chi connectivity index (χ0n) is 8.82. The molecule has 0 saturated carbocycles. The van der Waals surface area contributed by atoms with E-state index in [0.717, 1.165) is 5.56 Å². The van der Waals surface area contributed by atoms with Crippen LogP contribution in [0.15, 0.2) is 36.4 Å².